The number of nitrogens with zero attached hydrogens (tertiary/aromatic N) is 1. The van der Waals surface area contributed by atoms with Gasteiger partial charge in [-0.3, -0.25) is 0 Å². The number of nitrogens with two attached hydrogens (primary N) is 1. The van der Waals surface area contributed by atoms with E-state index >= 15 is 0 Å². The Morgan fingerprint density at radius 2 is 1.95 bits per heavy atom. The Kier molecular flexibility index (Phi) is 4.07. The predicted octanol–water partition coefficient (Wildman–Crippen LogP) is 2.38. The zero-order valence-corrected chi connectivity index (χ0v) is 12.9. The number of hydrogen-bond donors (Lipinski definition) is 1. The quantitative estimate of drug-likeness (QED) is 0.853. The van der Waals surface area contributed by atoms with Crippen molar-refractivity contribution >= 4 is 15.7 Å². The van der Waals surface area contributed by atoms with Crippen molar-refractivity contribution in [1.29, 1.82) is 0 Å². The van der Waals surface area contributed by atoms with Gasteiger partial charge in [0.25, 0.3) is 0 Å². The van der Waals surface area contributed by atoms with E-state index in [1.165, 1.54) is 17.3 Å². The minimum Gasteiger partial charge on any atom is -0.398 e. The van der Waals surface area contributed by atoms with E-state index in [4.69, 9.17) is 5.73 Å². The number of anilines is 1. The van der Waals surface area contributed by atoms with E-state index < -0.39 is 15.8 Å². The molecule has 1 aromatic rings. The first-order valence-corrected chi connectivity index (χ1v) is 8.23. The van der Waals surface area contributed by atoms with Gasteiger partial charge in [-0.2, -0.15) is 4.31 Å². The highest BCUT2D eigenvalue weighted by Gasteiger charge is 2.32. The van der Waals surface area contributed by atoms with Crippen LogP contribution in [-0.4, -0.2) is 25.8 Å². The summed E-state index contributed by atoms with van der Waals surface area (Å²) in [6.45, 7) is 6.64. The lowest BCUT2D eigenvalue weighted by atomic mass is 9.90. The maximum Gasteiger partial charge on any atom is 0.243 e. The summed E-state index contributed by atoms with van der Waals surface area (Å²) < 4.78 is 40.3. The third-order valence-electron chi connectivity index (χ3n) is 4.29. The fourth-order valence-electron chi connectivity index (χ4n) is 2.42. The molecule has 2 atom stereocenters. The Morgan fingerprint density at radius 3 is 2.50 bits per heavy atom. The number of benzene rings is 1. The Bertz CT molecular complexity index is 593. The molecular weight excluding hydrogens is 279 g/mol. The van der Waals surface area contributed by atoms with Crippen molar-refractivity contribution in [2.45, 2.75) is 32.1 Å². The van der Waals surface area contributed by atoms with Crippen LogP contribution in [0.15, 0.2) is 17.0 Å². The first-order chi connectivity index (χ1) is 9.23. The normalized spacial score (nSPS) is 24.8. The minimum atomic E-state index is -3.67. The number of halogens is 1. The molecule has 1 fully saturated rings. The van der Waals surface area contributed by atoms with Crippen LogP contribution in [0.3, 0.4) is 0 Å². The molecule has 0 radical (unpaired) electrons. The molecule has 1 saturated heterocycles. The molecule has 6 heteroatoms. The Balaban J connectivity index is 2.36. The van der Waals surface area contributed by atoms with Crippen molar-refractivity contribution in [3.05, 3.63) is 23.5 Å². The molecule has 0 amide bonds. The molecule has 2 unspecified atom stereocenters. The molecule has 1 heterocycles. The van der Waals surface area contributed by atoms with Crippen LogP contribution in [0, 0.1) is 24.6 Å². The van der Waals surface area contributed by atoms with Gasteiger partial charge < -0.3 is 5.73 Å². The summed E-state index contributed by atoms with van der Waals surface area (Å²) in [5, 5.41) is 0. The summed E-state index contributed by atoms with van der Waals surface area (Å²) in [4.78, 5) is -0.0557. The van der Waals surface area contributed by atoms with Gasteiger partial charge in [-0.1, -0.05) is 13.8 Å². The third-order valence-corrected chi connectivity index (χ3v) is 6.14. The first kappa shape index (κ1) is 15.3. The van der Waals surface area contributed by atoms with Crippen LogP contribution < -0.4 is 5.73 Å². The second-order valence-electron chi connectivity index (χ2n) is 5.73. The molecule has 0 bridgehead atoms. The van der Waals surface area contributed by atoms with E-state index in [1.807, 2.05) is 6.92 Å². The van der Waals surface area contributed by atoms with Gasteiger partial charge >= 0.3 is 0 Å². The summed E-state index contributed by atoms with van der Waals surface area (Å²) in [6, 6.07) is 2.40. The topological polar surface area (TPSA) is 63.4 Å². The van der Waals surface area contributed by atoms with Crippen LogP contribution >= 0.6 is 0 Å². The van der Waals surface area contributed by atoms with E-state index in [0.717, 1.165) is 12.5 Å². The molecule has 0 aliphatic carbocycles. The SMILES string of the molecule is Cc1c(N)cc(S(=O)(=O)N2CCC(C)C(C)C2)cc1F. The van der Waals surface area contributed by atoms with Gasteiger partial charge in [-0.25, -0.2) is 12.8 Å². The Labute approximate surface area is 119 Å². The van der Waals surface area contributed by atoms with E-state index in [-0.39, 0.29) is 16.1 Å². The lowest BCUT2D eigenvalue weighted by molar-refractivity contribution is 0.212. The minimum absolute atomic E-state index is 0.0557. The zero-order valence-electron chi connectivity index (χ0n) is 12.1. The molecule has 0 aromatic heterocycles. The van der Waals surface area contributed by atoms with Crippen LogP contribution in [0.4, 0.5) is 10.1 Å². The highest BCUT2D eigenvalue weighted by atomic mass is 32.2. The van der Waals surface area contributed by atoms with Gasteiger partial charge in [0.15, 0.2) is 0 Å². The van der Waals surface area contributed by atoms with Crippen LogP contribution in [0.5, 0.6) is 0 Å². The van der Waals surface area contributed by atoms with Gasteiger partial charge in [0.05, 0.1) is 4.90 Å². The van der Waals surface area contributed by atoms with Gasteiger partial charge in [0.1, 0.15) is 5.82 Å². The molecule has 1 aliphatic rings. The lowest BCUT2D eigenvalue weighted by Gasteiger charge is -2.34. The predicted molar refractivity (Wildman–Crippen MR) is 77.3 cm³/mol. The number of hydrogen-bond acceptors (Lipinski definition) is 3. The van der Waals surface area contributed by atoms with Crippen LogP contribution in [0.25, 0.3) is 0 Å². The Morgan fingerprint density at radius 1 is 1.30 bits per heavy atom. The van der Waals surface area contributed by atoms with Gasteiger partial charge in [-0.15, -0.1) is 0 Å². The average molecular weight is 300 g/mol. The molecule has 2 rings (SSSR count). The molecule has 4 nitrogen and oxygen atoms in total. The van der Waals surface area contributed by atoms with Gasteiger partial charge in [0, 0.05) is 24.3 Å². The van der Waals surface area contributed by atoms with Gasteiger partial charge in [0.2, 0.25) is 10.0 Å². The number of piperidine rings is 1. The summed E-state index contributed by atoms with van der Waals surface area (Å²) in [6.07, 6.45) is 0.824. The average Bonchev–Trinajstić information content (AvgIpc) is 2.38. The summed E-state index contributed by atoms with van der Waals surface area (Å²) in [7, 11) is -3.67. The fraction of sp³-hybridized carbons (Fsp3) is 0.571. The fourth-order valence-corrected chi connectivity index (χ4v) is 4.02. The second-order valence-corrected chi connectivity index (χ2v) is 7.66. The molecule has 0 saturated carbocycles. The van der Waals surface area contributed by atoms with Crippen LogP contribution in [0.1, 0.15) is 25.8 Å². The van der Waals surface area contributed by atoms with Gasteiger partial charge in [-0.05, 0) is 37.3 Å². The molecule has 112 valence electrons. The number of nitrogen functional groups attached to an aromatic ring is 1. The standard InChI is InChI=1S/C14H21FN2O2S/c1-9-4-5-17(8-10(9)2)20(18,19)12-6-13(15)11(3)14(16)7-12/h6-7,9-10H,4-5,8,16H2,1-3H3. The highest BCUT2D eigenvalue weighted by Crippen LogP contribution is 2.29. The van der Waals surface area contributed by atoms with E-state index in [9.17, 15) is 12.8 Å². The van der Waals surface area contributed by atoms with Crippen molar-refractivity contribution in [1.82, 2.24) is 4.31 Å². The zero-order chi connectivity index (χ0) is 15.1. The number of rotatable bonds is 2. The molecule has 1 aliphatic heterocycles. The van der Waals surface area contributed by atoms with E-state index in [1.54, 1.807) is 0 Å². The first-order valence-electron chi connectivity index (χ1n) is 6.79. The third kappa shape index (κ3) is 2.67. The summed E-state index contributed by atoms with van der Waals surface area (Å²) in [5.74, 6) is 0.217. The van der Waals surface area contributed by atoms with E-state index in [2.05, 4.69) is 6.92 Å². The molecular formula is C14H21FN2O2S. The molecule has 0 spiro atoms. The summed E-state index contributed by atoms with van der Waals surface area (Å²) >= 11 is 0. The maximum absolute atomic E-state index is 13.7. The molecule has 2 N–H and O–H groups in total. The summed E-state index contributed by atoms with van der Waals surface area (Å²) in [5.41, 5.74) is 6.12. The smallest absolute Gasteiger partial charge is 0.243 e. The maximum atomic E-state index is 13.7. The lowest BCUT2D eigenvalue weighted by Crippen LogP contribution is -2.42. The number of sulfonamides is 1. The Hall–Kier alpha value is -1.14. The highest BCUT2D eigenvalue weighted by molar-refractivity contribution is 7.89. The van der Waals surface area contributed by atoms with Crippen molar-refractivity contribution < 1.29 is 12.8 Å². The molecule has 1 aromatic carbocycles. The van der Waals surface area contributed by atoms with Crippen LogP contribution in [-0.2, 0) is 10.0 Å². The van der Waals surface area contributed by atoms with Crippen molar-refractivity contribution in [2.75, 3.05) is 18.8 Å². The van der Waals surface area contributed by atoms with Crippen LogP contribution in [0.2, 0.25) is 0 Å². The monoisotopic (exact) mass is 300 g/mol. The largest absolute Gasteiger partial charge is 0.398 e. The molecule has 20 heavy (non-hydrogen) atoms. The van der Waals surface area contributed by atoms with Crippen molar-refractivity contribution in [3.63, 3.8) is 0 Å². The second kappa shape index (κ2) is 5.33. The van der Waals surface area contributed by atoms with Crippen molar-refractivity contribution in [2.24, 2.45) is 11.8 Å². The van der Waals surface area contributed by atoms with E-state index in [0.29, 0.717) is 24.9 Å². The van der Waals surface area contributed by atoms with Crippen molar-refractivity contribution in [3.8, 4) is 0 Å².